The molecule has 1 spiro atoms. The maximum Gasteiger partial charge on any atom is 0.337 e. The molecule has 2 aromatic carbocycles. The molecular weight excluding hydrogens is 450 g/mol. The van der Waals surface area contributed by atoms with Crippen LogP contribution < -0.4 is 10.1 Å². The second kappa shape index (κ2) is 6.95. The van der Waals surface area contributed by atoms with Crippen LogP contribution in [0.25, 0.3) is 0 Å². The average Bonchev–Trinajstić information content (AvgIpc) is 3.34. The minimum absolute atomic E-state index is 0.164. The summed E-state index contributed by atoms with van der Waals surface area (Å²) < 4.78 is 5.93. The Labute approximate surface area is 202 Å². The molecule has 2 N–H and O–H groups in total. The summed E-state index contributed by atoms with van der Waals surface area (Å²) in [4.78, 5) is 20.0. The number of ether oxygens (including phenoxy) is 1. The van der Waals surface area contributed by atoms with E-state index in [9.17, 15) is 9.90 Å². The number of hydrogen-bond donors (Lipinski definition) is 2. The highest BCUT2D eigenvalue weighted by Gasteiger charge is 2.81. The topological polar surface area (TPSA) is 84.3 Å². The van der Waals surface area contributed by atoms with Gasteiger partial charge < -0.3 is 15.2 Å². The van der Waals surface area contributed by atoms with Gasteiger partial charge in [0.1, 0.15) is 11.6 Å². The fourth-order valence-electron chi connectivity index (χ4n) is 8.03. The van der Waals surface area contributed by atoms with E-state index in [-0.39, 0.29) is 5.56 Å². The number of carboxylic acids is 1. The van der Waals surface area contributed by atoms with Crippen molar-refractivity contribution in [2.75, 3.05) is 5.32 Å². The van der Waals surface area contributed by atoms with E-state index < -0.39 is 5.97 Å². The molecule has 2 unspecified atom stereocenters. The standard InChI is InChI=1S/C27H24ClN3O3/c28-20-9-16(26-11-17-7-15-8-18(12-26)27(17,26)10-15)5-6-22(20)34-24-14-29-23(13-30-24)31-21-4-2-1-3-19(21)25(32)33/h1-6,9,13-15,17-18H,7-8,10-12H2,(H,29,31)(H,32,33). The zero-order valence-corrected chi connectivity index (χ0v) is 19.3. The third kappa shape index (κ3) is 2.60. The maximum atomic E-state index is 11.4. The molecule has 0 amide bonds. The van der Waals surface area contributed by atoms with Crippen molar-refractivity contribution < 1.29 is 14.6 Å². The fourth-order valence-corrected chi connectivity index (χ4v) is 8.25. The number of hydrogen-bond acceptors (Lipinski definition) is 5. The lowest BCUT2D eigenvalue weighted by Crippen LogP contribution is -2.70. The first-order valence-electron chi connectivity index (χ1n) is 11.9. The second-order valence-corrected chi connectivity index (χ2v) is 10.8. The van der Waals surface area contributed by atoms with Crippen LogP contribution in [-0.4, -0.2) is 21.0 Å². The Morgan fingerprint density at radius 1 is 1.06 bits per heavy atom. The highest BCUT2D eigenvalue weighted by atomic mass is 35.5. The predicted octanol–water partition coefficient (Wildman–Crippen LogP) is 6.44. The first-order chi connectivity index (χ1) is 16.5. The number of aromatic carboxylic acids is 1. The summed E-state index contributed by atoms with van der Waals surface area (Å²) in [5.41, 5.74) is 2.90. The number of halogens is 1. The molecule has 172 valence electrons. The molecule has 1 aromatic heterocycles. The molecule has 7 rings (SSSR count). The lowest BCUT2D eigenvalue weighted by atomic mass is 9.29. The van der Waals surface area contributed by atoms with Gasteiger partial charge in [-0.2, -0.15) is 0 Å². The Morgan fingerprint density at radius 3 is 2.53 bits per heavy atom. The number of nitrogens with one attached hydrogen (secondary N) is 1. The van der Waals surface area contributed by atoms with Crippen LogP contribution in [0.4, 0.5) is 11.5 Å². The van der Waals surface area contributed by atoms with Crippen molar-refractivity contribution in [1.29, 1.82) is 0 Å². The summed E-state index contributed by atoms with van der Waals surface area (Å²) in [6, 6.07) is 12.9. The van der Waals surface area contributed by atoms with Crippen LogP contribution >= 0.6 is 11.6 Å². The Hall–Kier alpha value is -3.12. The van der Waals surface area contributed by atoms with E-state index in [1.165, 1.54) is 56.1 Å². The average molecular weight is 474 g/mol. The van der Waals surface area contributed by atoms with E-state index in [1.807, 2.05) is 6.07 Å². The van der Waals surface area contributed by atoms with Crippen LogP contribution in [0.1, 0.15) is 48.0 Å². The third-order valence-electron chi connectivity index (χ3n) is 9.15. The molecule has 6 nitrogen and oxygen atoms in total. The highest BCUT2D eigenvalue weighted by molar-refractivity contribution is 6.32. The Balaban J connectivity index is 1.08. The summed E-state index contributed by atoms with van der Waals surface area (Å²) in [6.07, 6.45) is 9.96. The molecule has 0 radical (unpaired) electrons. The van der Waals surface area contributed by atoms with E-state index in [0.29, 0.717) is 39.0 Å². The first-order valence-corrected chi connectivity index (χ1v) is 12.3. The van der Waals surface area contributed by atoms with Gasteiger partial charge in [-0.3, -0.25) is 0 Å². The van der Waals surface area contributed by atoms with Crippen molar-refractivity contribution in [2.45, 2.75) is 37.5 Å². The van der Waals surface area contributed by atoms with E-state index in [2.05, 4.69) is 27.4 Å². The summed E-state index contributed by atoms with van der Waals surface area (Å²) in [6.45, 7) is 0. The monoisotopic (exact) mass is 473 g/mol. The van der Waals surface area contributed by atoms with Gasteiger partial charge in [-0.25, -0.2) is 14.8 Å². The molecule has 0 saturated heterocycles. The molecule has 2 atom stereocenters. The van der Waals surface area contributed by atoms with Crippen molar-refractivity contribution in [3.05, 3.63) is 71.0 Å². The summed E-state index contributed by atoms with van der Waals surface area (Å²) in [5.74, 6) is 3.13. The quantitative estimate of drug-likeness (QED) is 0.428. The zero-order valence-electron chi connectivity index (χ0n) is 18.5. The van der Waals surface area contributed by atoms with E-state index >= 15 is 0 Å². The molecule has 1 heterocycles. The molecular formula is C27H24ClN3O3. The molecule has 7 heteroatoms. The summed E-state index contributed by atoms with van der Waals surface area (Å²) in [5, 5.41) is 12.9. The van der Waals surface area contributed by atoms with Gasteiger partial charge in [-0.1, -0.05) is 29.8 Å². The largest absolute Gasteiger partial charge is 0.478 e. The molecule has 4 fully saturated rings. The smallest absolute Gasteiger partial charge is 0.337 e. The van der Waals surface area contributed by atoms with Gasteiger partial charge in [-0.15, -0.1) is 0 Å². The van der Waals surface area contributed by atoms with Crippen LogP contribution in [0, 0.1) is 23.2 Å². The van der Waals surface area contributed by atoms with Crippen molar-refractivity contribution in [1.82, 2.24) is 9.97 Å². The summed E-state index contributed by atoms with van der Waals surface area (Å²) in [7, 11) is 0. The fraction of sp³-hybridized carbons (Fsp3) is 0.370. The first kappa shape index (κ1) is 20.3. The summed E-state index contributed by atoms with van der Waals surface area (Å²) >= 11 is 6.67. The van der Waals surface area contributed by atoms with Crippen LogP contribution in [0.15, 0.2) is 54.9 Å². The van der Waals surface area contributed by atoms with Crippen LogP contribution in [-0.2, 0) is 5.41 Å². The van der Waals surface area contributed by atoms with Crippen molar-refractivity contribution in [3.63, 3.8) is 0 Å². The van der Waals surface area contributed by atoms with E-state index in [4.69, 9.17) is 16.3 Å². The molecule has 0 aliphatic heterocycles. The number of rotatable bonds is 6. The Bertz CT molecular complexity index is 1310. The van der Waals surface area contributed by atoms with Crippen molar-refractivity contribution in [2.24, 2.45) is 23.2 Å². The van der Waals surface area contributed by atoms with Gasteiger partial charge in [0.15, 0.2) is 0 Å². The number of fused-ring (bicyclic) bond motifs is 1. The number of benzene rings is 2. The molecule has 4 aliphatic carbocycles. The number of para-hydroxylation sites is 1. The number of carbonyl (C=O) groups is 1. The number of carboxylic acid groups (broad SMARTS) is 1. The predicted molar refractivity (Wildman–Crippen MR) is 128 cm³/mol. The van der Waals surface area contributed by atoms with Gasteiger partial charge in [0, 0.05) is 5.41 Å². The van der Waals surface area contributed by atoms with Crippen LogP contribution in [0.2, 0.25) is 5.02 Å². The minimum Gasteiger partial charge on any atom is -0.478 e. The van der Waals surface area contributed by atoms with Gasteiger partial charge in [0.2, 0.25) is 5.88 Å². The number of nitrogens with zero attached hydrogens (tertiary/aromatic N) is 2. The molecule has 34 heavy (non-hydrogen) atoms. The number of anilines is 2. The van der Waals surface area contributed by atoms with E-state index in [0.717, 1.165) is 17.8 Å². The highest BCUT2D eigenvalue weighted by Crippen LogP contribution is 2.86. The van der Waals surface area contributed by atoms with Gasteiger partial charge >= 0.3 is 5.97 Å². The second-order valence-electron chi connectivity index (χ2n) is 10.4. The van der Waals surface area contributed by atoms with Gasteiger partial charge in [0.25, 0.3) is 0 Å². The van der Waals surface area contributed by atoms with Crippen LogP contribution in [0.5, 0.6) is 11.6 Å². The zero-order chi connectivity index (χ0) is 23.1. The Kier molecular flexibility index (Phi) is 4.14. The SMILES string of the molecule is O=C(O)c1ccccc1Nc1cnc(Oc2ccc(C34CC5CC6CC(C3)C54C6)cc2Cl)cn1. The van der Waals surface area contributed by atoms with Crippen molar-refractivity contribution in [3.8, 4) is 11.6 Å². The maximum absolute atomic E-state index is 11.4. The lowest BCUT2D eigenvalue weighted by molar-refractivity contribution is -0.205. The third-order valence-corrected chi connectivity index (χ3v) is 9.44. The minimum atomic E-state index is -1.01. The van der Waals surface area contributed by atoms with Crippen LogP contribution in [0.3, 0.4) is 0 Å². The van der Waals surface area contributed by atoms with Gasteiger partial charge in [0.05, 0.1) is 28.7 Å². The Morgan fingerprint density at radius 2 is 1.85 bits per heavy atom. The molecule has 4 aliphatic rings. The molecule has 3 aromatic rings. The normalized spacial score (nSPS) is 31.9. The van der Waals surface area contributed by atoms with Gasteiger partial charge in [-0.05, 0) is 85.1 Å². The molecule has 4 saturated carbocycles. The lowest BCUT2D eigenvalue weighted by Gasteiger charge is -2.75. The number of aromatic nitrogens is 2. The van der Waals surface area contributed by atoms with E-state index in [1.54, 1.807) is 18.2 Å². The molecule has 2 bridgehead atoms. The van der Waals surface area contributed by atoms with Crippen molar-refractivity contribution >= 4 is 29.1 Å².